The Morgan fingerprint density at radius 3 is 2.71 bits per heavy atom. The fraction of sp³-hybridized carbons (Fsp3) is 0.0870. The summed E-state index contributed by atoms with van der Waals surface area (Å²) >= 11 is 7.80. The summed E-state index contributed by atoms with van der Waals surface area (Å²) in [6.07, 6.45) is 1.76. The van der Waals surface area contributed by atoms with Gasteiger partial charge in [-0.05, 0) is 37.6 Å². The predicted octanol–water partition coefficient (Wildman–Crippen LogP) is 6.69. The highest BCUT2D eigenvalue weighted by molar-refractivity contribution is 7.11. The summed E-state index contributed by atoms with van der Waals surface area (Å²) in [7, 11) is 0. The first-order valence-corrected chi connectivity index (χ1v) is 10.0. The van der Waals surface area contributed by atoms with Gasteiger partial charge in [0, 0.05) is 21.9 Å². The number of hydrogen-bond donors (Lipinski definition) is 0. The normalized spacial score (nSPS) is 11.6. The Balaban J connectivity index is 1.75. The van der Waals surface area contributed by atoms with Crippen molar-refractivity contribution in [3.8, 4) is 17.3 Å². The number of rotatable bonds is 3. The fourth-order valence-electron chi connectivity index (χ4n) is 3.13. The molecule has 28 heavy (non-hydrogen) atoms. The second kappa shape index (κ2) is 7.55. The molecule has 0 fully saturated rings. The van der Waals surface area contributed by atoms with Crippen LogP contribution in [0.4, 0.5) is 0 Å². The molecule has 0 bridgehead atoms. The van der Waals surface area contributed by atoms with Crippen LogP contribution in [0.1, 0.15) is 21.7 Å². The number of allylic oxidation sites excluding steroid dienone is 1. The largest absolute Gasteiger partial charge is 0.235 e. The van der Waals surface area contributed by atoms with Crippen molar-refractivity contribution >= 4 is 45.5 Å². The van der Waals surface area contributed by atoms with Gasteiger partial charge in [0.15, 0.2) is 0 Å². The van der Waals surface area contributed by atoms with Gasteiger partial charge in [0.25, 0.3) is 0 Å². The first-order chi connectivity index (χ1) is 13.5. The molecular weight excluding hydrogens is 386 g/mol. The molecule has 2 aromatic heterocycles. The van der Waals surface area contributed by atoms with E-state index in [0.717, 1.165) is 22.2 Å². The lowest BCUT2D eigenvalue weighted by Gasteiger charge is -2.04. The van der Waals surface area contributed by atoms with Gasteiger partial charge in [-0.15, -0.1) is 11.3 Å². The smallest absolute Gasteiger partial charge is 0.137 e. The molecule has 0 aliphatic carbocycles. The van der Waals surface area contributed by atoms with Crippen molar-refractivity contribution in [2.45, 2.75) is 13.8 Å². The molecule has 0 aliphatic rings. The molecule has 4 aromatic rings. The Morgan fingerprint density at radius 1 is 1.11 bits per heavy atom. The molecule has 0 radical (unpaired) electrons. The second-order valence-corrected chi connectivity index (χ2v) is 7.80. The first-order valence-electron chi connectivity index (χ1n) is 8.76. The lowest BCUT2D eigenvalue weighted by atomic mass is 10.0. The SMILES string of the molecule is Cc1ccc(-c2csc(C(C#N)=Cc3cc4ccccc4nc3Cl)n2)c(C)c1. The highest BCUT2D eigenvalue weighted by atomic mass is 35.5. The zero-order chi connectivity index (χ0) is 19.7. The van der Waals surface area contributed by atoms with Crippen LogP contribution in [0.5, 0.6) is 0 Å². The summed E-state index contributed by atoms with van der Waals surface area (Å²) in [5.41, 5.74) is 6.35. The van der Waals surface area contributed by atoms with E-state index in [9.17, 15) is 5.26 Å². The van der Waals surface area contributed by atoms with Gasteiger partial charge in [-0.3, -0.25) is 0 Å². The van der Waals surface area contributed by atoms with Crippen LogP contribution < -0.4 is 0 Å². The number of aromatic nitrogens is 2. The molecule has 0 unspecified atom stereocenters. The quantitative estimate of drug-likeness (QED) is 0.283. The van der Waals surface area contributed by atoms with Gasteiger partial charge in [0.05, 0.1) is 16.8 Å². The van der Waals surface area contributed by atoms with Gasteiger partial charge >= 0.3 is 0 Å². The first kappa shape index (κ1) is 18.4. The van der Waals surface area contributed by atoms with Crippen LogP contribution in [0.25, 0.3) is 33.8 Å². The third kappa shape index (κ3) is 3.55. The van der Waals surface area contributed by atoms with E-state index in [1.165, 1.54) is 22.5 Å². The van der Waals surface area contributed by atoms with Crippen LogP contribution in [-0.2, 0) is 0 Å². The van der Waals surface area contributed by atoms with Crippen molar-refractivity contribution in [1.29, 1.82) is 5.26 Å². The number of hydrogen-bond acceptors (Lipinski definition) is 4. The van der Waals surface area contributed by atoms with Crippen molar-refractivity contribution in [3.63, 3.8) is 0 Å². The van der Waals surface area contributed by atoms with Gasteiger partial charge < -0.3 is 0 Å². The lowest BCUT2D eigenvalue weighted by molar-refractivity contribution is 1.32. The van der Waals surface area contributed by atoms with Crippen molar-refractivity contribution < 1.29 is 0 Å². The Morgan fingerprint density at radius 2 is 1.93 bits per heavy atom. The van der Waals surface area contributed by atoms with E-state index in [4.69, 9.17) is 16.6 Å². The standard InChI is InChI=1S/C23H16ClN3S/c1-14-7-8-19(15(2)9-14)21-13-28-23(27-21)18(12-25)11-17-10-16-5-3-4-6-20(16)26-22(17)24/h3-11,13H,1-2H3. The average Bonchev–Trinajstić information content (AvgIpc) is 3.16. The molecule has 2 aromatic carbocycles. The Kier molecular flexibility index (Phi) is 4.95. The van der Waals surface area contributed by atoms with Gasteiger partial charge in [-0.1, -0.05) is 53.6 Å². The molecule has 4 rings (SSSR count). The molecule has 0 amide bonds. The number of fused-ring (bicyclic) bond motifs is 1. The number of thiazole rings is 1. The number of para-hydroxylation sites is 1. The zero-order valence-corrected chi connectivity index (χ0v) is 17.0. The number of pyridine rings is 1. The minimum Gasteiger partial charge on any atom is -0.235 e. The van der Waals surface area contributed by atoms with E-state index in [0.29, 0.717) is 21.3 Å². The minimum absolute atomic E-state index is 0.373. The van der Waals surface area contributed by atoms with E-state index >= 15 is 0 Å². The average molecular weight is 402 g/mol. The molecule has 0 aliphatic heterocycles. The highest BCUT2D eigenvalue weighted by Gasteiger charge is 2.12. The molecular formula is C23H16ClN3S. The molecule has 2 heterocycles. The highest BCUT2D eigenvalue weighted by Crippen LogP contribution is 2.31. The van der Waals surface area contributed by atoms with Crippen LogP contribution in [0.2, 0.25) is 5.15 Å². The maximum atomic E-state index is 9.70. The zero-order valence-electron chi connectivity index (χ0n) is 15.4. The maximum Gasteiger partial charge on any atom is 0.137 e. The summed E-state index contributed by atoms with van der Waals surface area (Å²) in [5, 5.41) is 13.7. The van der Waals surface area contributed by atoms with Crippen LogP contribution in [0, 0.1) is 25.2 Å². The Hall–Kier alpha value is -3.00. The van der Waals surface area contributed by atoms with Crippen LogP contribution in [0.3, 0.4) is 0 Å². The summed E-state index contributed by atoms with van der Waals surface area (Å²) < 4.78 is 0. The predicted molar refractivity (Wildman–Crippen MR) is 117 cm³/mol. The summed E-state index contributed by atoms with van der Waals surface area (Å²) in [6, 6.07) is 18.2. The van der Waals surface area contributed by atoms with Crippen LogP contribution in [0.15, 0.2) is 53.9 Å². The molecule has 0 saturated carbocycles. The topological polar surface area (TPSA) is 49.6 Å². The van der Waals surface area contributed by atoms with Crippen LogP contribution >= 0.6 is 22.9 Å². The van der Waals surface area contributed by atoms with Gasteiger partial charge in [-0.2, -0.15) is 5.26 Å². The molecule has 0 N–H and O–H groups in total. The third-order valence-electron chi connectivity index (χ3n) is 4.52. The van der Waals surface area contributed by atoms with Crippen LogP contribution in [-0.4, -0.2) is 9.97 Å². The summed E-state index contributed by atoms with van der Waals surface area (Å²) in [5.74, 6) is 0. The minimum atomic E-state index is 0.373. The number of nitrogens with zero attached hydrogens (tertiary/aromatic N) is 3. The number of benzene rings is 2. The van der Waals surface area contributed by atoms with E-state index in [1.54, 1.807) is 6.08 Å². The monoisotopic (exact) mass is 401 g/mol. The second-order valence-electron chi connectivity index (χ2n) is 6.59. The molecule has 0 atom stereocenters. The number of nitriles is 1. The molecule has 0 saturated heterocycles. The van der Waals surface area contributed by atoms with E-state index in [2.05, 4.69) is 43.1 Å². The summed E-state index contributed by atoms with van der Waals surface area (Å²) in [6.45, 7) is 4.14. The lowest BCUT2D eigenvalue weighted by Crippen LogP contribution is -1.88. The summed E-state index contributed by atoms with van der Waals surface area (Å²) in [4.78, 5) is 9.12. The molecule has 136 valence electrons. The van der Waals surface area contributed by atoms with Crippen molar-refractivity contribution in [2.75, 3.05) is 0 Å². The van der Waals surface area contributed by atoms with E-state index in [1.807, 2.05) is 35.7 Å². The number of halogens is 1. The molecule has 3 nitrogen and oxygen atoms in total. The van der Waals surface area contributed by atoms with Crippen molar-refractivity contribution in [1.82, 2.24) is 9.97 Å². The maximum absolute atomic E-state index is 9.70. The van der Waals surface area contributed by atoms with Crippen molar-refractivity contribution in [2.24, 2.45) is 0 Å². The Bertz CT molecular complexity index is 1260. The fourth-order valence-corrected chi connectivity index (χ4v) is 4.12. The Labute approximate surface area is 172 Å². The van der Waals surface area contributed by atoms with E-state index in [-0.39, 0.29) is 0 Å². The van der Waals surface area contributed by atoms with Gasteiger partial charge in [-0.25, -0.2) is 9.97 Å². The van der Waals surface area contributed by atoms with Gasteiger partial charge in [0.2, 0.25) is 0 Å². The third-order valence-corrected chi connectivity index (χ3v) is 5.70. The van der Waals surface area contributed by atoms with Crippen molar-refractivity contribution in [3.05, 3.63) is 80.8 Å². The molecule has 0 spiro atoms. The van der Waals surface area contributed by atoms with Gasteiger partial charge in [0.1, 0.15) is 16.2 Å². The van der Waals surface area contributed by atoms with E-state index < -0.39 is 0 Å². The molecule has 5 heteroatoms. The number of aryl methyl sites for hydroxylation is 2.